The molecule has 0 fully saturated rings. The van der Waals surface area contributed by atoms with Crippen LogP contribution in [0.4, 0.5) is 0 Å². The number of esters is 2. The van der Waals surface area contributed by atoms with E-state index in [1.54, 1.807) is 6.08 Å². The first kappa shape index (κ1) is 46.0. The molecular weight excluding hydrogens is 618 g/mol. The number of carbonyl (C=O) groups is 3. The minimum Gasteiger partial charge on any atom is -0.477 e. The molecule has 0 aliphatic rings. The molecule has 0 spiro atoms. The third-order valence-electron chi connectivity index (χ3n) is 7.96. The van der Waals surface area contributed by atoms with Crippen LogP contribution < -0.4 is 0 Å². The molecule has 2 atom stereocenters. The van der Waals surface area contributed by atoms with Crippen LogP contribution in [0.5, 0.6) is 0 Å². The van der Waals surface area contributed by atoms with Crippen molar-refractivity contribution in [3.8, 4) is 0 Å². The zero-order valence-electron chi connectivity index (χ0n) is 31.6. The lowest BCUT2D eigenvalue weighted by Gasteiger charge is -2.31. The van der Waals surface area contributed by atoms with Crippen molar-refractivity contribution in [3.63, 3.8) is 0 Å². The van der Waals surface area contributed by atoms with Gasteiger partial charge in [-0.15, -0.1) is 0 Å². The largest absolute Gasteiger partial charge is 0.477 e. The van der Waals surface area contributed by atoms with Gasteiger partial charge in [-0.1, -0.05) is 120 Å². The Hall–Kier alpha value is -2.97. The molecule has 0 saturated heterocycles. The number of rotatable bonds is 32. The number of aliphatic carboxylic acids is 1. The normalized spacial score (nSPS) is 13.7. The van der Waals surface area contributed by atoms with E-state index in [2.05, 4.69) is 62.5 Å². The van der Waals surface area contributed by atoms with Gasteiger partial charge in [0.05, 0.1) is 40.8 Å². The quantitative estimate of drug-likeness (QED) is 0.0247. The zero-order chi connectivity index (χ0) is 36.4. The molecule has 1 N–H and O–H groups in total. The average molecular weight is 689 g/mol. The minimum atomic E-state index is -0.893. The van der Waals surface area contributed by atoms with Crippen LogP contribution in [0.15, 0.2) is 60.8 Å². The molecule has 0 aliphatic heterocycles. The Bertz CT molecular complexity index is 990. The fourth-order valence-electron chi connectivity index (χ4n) is 5.02. The highest BCUT2D eigenvalue weighted by atomic mass is 16.6. The van der Waals surface area contributed by atoms with Crippen LogP contribution in [0.3, 0.4) is 0 Å². The van der Waals surface area contributed by atoms with Gasteiger partial charge in [-0.25, -0.2) is 4.79 Å². The summed E-state index contributed by atoms with van der Waals surface area (Å²) in [6.07, 6.45) is 37.4. The molecule has 0 aromatic carbocycles. The summed E-state index contributed by atoms with van der Waals surface area (Å²) >= 11 is 0. The summed E-state index contributed by atoms with van der Waals surface area (Å²) in [5, 5.41) is 9.56. The van der Waals surface area contributed by atoms with E-state index in [4.69, 9.17) is 14.2 Å². The number of unbranched alkanes of at least 4 members (excludes halogenated alkanes) is 10. The molecule has 49 heavy (non-hydrogen) atoms. The summed E-state index contributed by atoms with van der Waals surface area (Å²) in [5.74, 6) is -1.66. The molecule has 0 saturated carbocycles. The highest BCUT2D eigenvalue weighted by Crippen LogP contribution is 2.11. The fourth-order valence-corrected chi connectivity index (χ4v) is 5.02. The van der Waals surface area contributed by atoms with Gasteiger partial charge in [0.25, 0.3) is 0 Å². The van der Waals surface area contributed by atoms with E-state index < -0.39 is 24.1 Å². The molecular formula is C41H70NO7+. The number of hydrogen-bond acceptors (Lipinski definition) is 6. The maximum Gasteiger partial charge on any atom is 0.362 e. The van der Waals surface area contributed by atoms with Crippen molar-refractivity contribution >= 4 is 17.9 Å². The van der Waals surface area contributed by atoms with Crippen molar-refractivity contribution in [2.75, 3.05) is 41.0 Å². The lowest BCUT2D eigenvalue weighted by atomic mass is 10.1. The number of likely N-dealkylation sites (N-methyl/N-ethyl adjacent to an activating group) is 1. The first-order chi connectivity index (χ1) is 23.6. The molecule has 0 rings (SSSR count). The van der Waals surface area contributed by atoms with E-state index in [0.717, 1.165) is 44.9 Å². The molecule has 0 aromatic rings. The van der Waals surface area contributed by atoms with Gasteiger partial charge in [-0.05, 0) is 51.4 Å². The molecule has 280 valence electrons. The van der Waals surface area contributed by atoms with Crippen LogP contribution in [0, 0.1) is 0 Å². The van der Waals surface area contributed by atoms with Gasteiger partial charge in [0.2, 0.25) is 0 Å². The number of carboxylic acid groups (broad SMARTS) is 1. The third kappa shape index (κ3) is 30.8. The second kappa shape index (κ2) is 32.2. The van der Waals surface area contributed by atoms with E-state index in [0.29, 0.717) is 12.8 Å². The standard InChI is InChI=1S/C41H69NO7/c1-6-8-10-12-14-16-17-18-19-20-21-22-24-26-28-30-32-40(44)49-37(35-47-34-33-38(41(45)46)42(3,4)5)36-48-39(43)31-29-27-25-23-15-13-11-9-7-2/h9,11,15,19-23,27,29,37-38H,6-8,10,12-14,16-18,24-26,28,30-36H2,1-5H3/p+1/b11-9+,20-19+,22-21+,23-15+,29-27+. The summed E-state index contributed by atoms with van der Waals surface area (Å²) in [4.78, 5) is 36.6. The number of allylic oxidation sites excluding steroid dienone is 9. The van der Waals surface area contributed by atoms with E-state index in [1.165, 1.54) is 44.9 Å². The summed E-state index contributed by atoms with van der Waals surface area (Å²) in [7, 11) is 5.47. The number of hydrogen-bond donors (Lipinski definition) is 1. The van der Waals surface area contributed by atoms with Crippen LogP contribution in [0.2, 0.25) is 0 Å². The number of carboxylic acids is 1. The molecule has 0 bridgehead atoms. The fraction of sp³-hybridized carbons (Fsp3) is 0.683. The van der Waals surface area contributed by atoms with Gasteiger partial charge in [-0.2, -0.15) is 0 Å². The minimum absolute atomic E-state index is 0.0207. The molecule has 0 aliphatic carbocycles. The molecule has 0 heterocycles. The predicted molar refractivity (Wildman–Crippen MR) is 201 cm³/mol. The van der Waals surface area contributed by atoms with Gasteiger partial charge >= 0.3 is 17.9 Å². The summed E-state index contributed by atoms with van der Waals surface area (Å²) in [5.41, 5.74) is 0. The lowest BCUT2D eigenvalue weighted by molar-refractivity contribution is -0.887. The SMILES string of the molecule is CC/C=C/C/C=C/C/C=C/CC(=O)OCC(COCCC(C(=O)O)[N+](C)(C)C)OC(=O)CCCCC/C=C/C=C/CCCCCCCCC. The van der Waals surface area contributed by atoms with Crippen molar-refractivity contribution < 1.29 is 38.2 Å². The van der Waals surface area contributed by atoms with E-state index in [1.807, 2.05) is 27.2 Å². The van der Waals surface area contributed by atoms with Crippen molar-refractivity contribution in [1.82, 2.24) is 0 Å². The zero-order valence-corrected chi connectivity index (χ0v) is 31.6. The topological polar surface area (TPSA) is 99.1 Å². The van der Waals surface area contributed by atoms with Gasteiger partial charge in [0.1, 0.15) is 6.61 Å². The highest BCUT2D eigenvalue weighted by molar-refractivity contribution is 5.72. The maximum absolute atomic E-state index is 12.6. The first-order valence-corrected chi connectivity index (χ1v) is 18.8. The van der Waals surface area contributed by atoms with Crippen LogP contribution in [0.1, 0.15) is 129 Å². The lowest BCUT2D eigenvalue weighted by Crippen LogP contribution is -2.50. The second-order valence-electron chi connectivity index (χ2n) is 13.5. The van der Waals surface area contributed by atoms with Crippen LogP contribution in [-0.2, 0) is 28.6 Å². The van der Waals surface area contributed by atoms with Gasteiger partial charge in [0.15, 0.2) is 12.1 Å². The maximum atomic E-state index is 12.6. The van der Waals surface area contributed by atoms with Gasteiger partial charge in [-0.3, -0.25) is 9.59 Å². The van der Waals surface area contributed by atoms with Crippen molar-refractivity contribution in [3.05, 3.63) is 60.8 Å². The summed E-state index contributed by atoms with van der Waals surface area (Å²) in [6, 6.07) is -0.631. The Labute approximate surface area is 298 Å². The monoisotopic (exact) mass is 689 g/mol. The van der Waals surface area contributed by atoms with Crippen LogP contribution in [-0.4, -0.2) is 80.6 Å². The Morgan fingerprint density at radius 3 is 1.84 bits per heavy atom. The second-order valence-corrected chi connectivity index (χ2v) is 13.5. The number of quaternary nitrogens is 1. The third-order valence-corrected chi connectivity index (χ3v) is 7.96. The van der Waals surface area contributed by atoms with E-state index >= 15 is 0 Å². The summed E-state index contributed by atoms with van der Waals surface area (Å²) in [6.45, 7) is 4.44. The molecule has 0 amide bonds. The van der Waals surface area contributed by atoms with Gasteiger partial charge in [0, 0.05) is 12.8 Å². The predicted octanol–water partition coefficient (Wildman–Crippen LogP) is 9.46. The van der Waals surface area contributed by atoms with Crippen LogP contribution in [0.25, 0.3) is 0 Å². The molecule has 8 nitrogen and oxygen atoms in total. The van der Waals surface area contributed by atoms with E-state index in [-0.39, 0.29) is 43.1 Å². The Morgan fingerprint density at radius 1 is 0.673 bits per heavy atom. The van der Waals surface area contributed by atoms with Crippen molar-refractivity contribution in [1.29, 1.82) is 0 Å². The molecule has 0 aromatic heterocycles. The van der Waals surface area contributed by atoms with Gasteiger partial charge < -0.3 is 23.8 Å². The number of nitrogens with zero attached hydrogens (tertiary/aromatic N) is 1. The van der Waals surface area contributed by atoms with Crippen LogP contribution >= 0.6 is 0 Å². The Morgan fingerprint density at radius 2 is 1.24 bits per heavy atom. The molecule has 0 radical (unpaired) electrons. The Balaban J connectivity index is 4.55. The average Bonchev–Trinajstić information content (AvgIpc) is 3.05. The number of carbonyl (C=O) groups excluding carboxylic acids is 2. The first-order valence-electron chi connectivity index (χ1n) is 18.8. The van der Waals surface area contributed by atoms with Crippen molar-refractivity contribution in [2.45, 2.75) is 142 Å². The molecule has 8 heteroatoms. The number of ether oxygens (including phenoxy) is 3. The molecule has 2 unspecified atom stereocenters. The van der Waals surface area contributed by atoms with E-state index in [9.17, 15) is 19.5 Å². The Kier molecular flexibility index (Phi) is 30.3. The van der Waals surface area contributed by atoms with Crippen molar-refractivity contribution in [2.24, 2.45) is 0 Å². The smallest absolute Gasteiger partial charge is 0.362 e. The summed E-state index contributed by atoms with van der Waals surface area (Å²) < 4.78 is 17.0. The highest BCUT2D eigenvalue weighted by Gasteiger charge is 2.31.